The van der Waals surface area contributed by atoms with E-state index in [0.717, 1.165) is 0 Å². The van der Waals surface area contributed by atoms with Gasteiger partial charge in [-0.05, 0) is 0 Å². The minimum absolute atomic E-state index is 0.884. The van der Waals surface area contributed by atoms with Gasteiger partial charge in [0, 0.05) is 0 Å². The fourth-order valence-electron chi connectivity index (χ4n) is 0.657. The predicted molar refractivity (Wildman–Crippen MR) is 37.2 cm³/mol. The van der Waals surface area contributed by atoms with Gasteiger partial charge in [0.25, 0.3) is 0 Å². The highest BCUT2D eigenvalue weighted by molar-refractivity contribution is 5.73. The number of hydrogen-bond donors (Lipinski definition) is 5. The molecule has 0 aromatic rings. The molecule has 0 spiro atoms. The first-order valence-corrected chi connectivity index (χ1v) is 3.44. The molecule has 0 saturated heterocycles. The minimum Gasteiger partial charge on any atom is -0.394 e. The van der Waals surface area contributed by atoms with Crippen LogP contribution in [-0.2, 0) is 4.79 Å². The SMILES string of the molecule is O=C(F)[C@H](O)[C@H](O)[C@H](O)[C@H](O)CO. The highest BCUT2D eigenvalue weighted by Gasteiger charge is 2.34. The Kier molecular flexibility index (Phi) is 4.96. The van der Waals surface area contributed by atoms with Gasteiger partial charge in [-0.1, -0.05) is 0 Å². The topological polar surface area (TPSA) is 118 Å². The second-order valence-electron chi connectivity index (χ2n) is 2.48. The standard InChI is InChI=1S/C6H11FO6/c7-6(13)5(12)4(11)3(10)2(9)1-8/h2-5,8-12H,1H2/t2-,3-,4-,5-/m1/s1. The van der Waals surface area contributed by atoms with Crippen LogP contribution < -0.4 is 0 Å². The van der Waals surface area contributed by atoms with E-state index < -0.39 is 37.1 Å². The van der Waals surface area contributed by atoms with Crippen molar-refractivity contribution in [3.63, 3.8) is 0 Å². The Hall–Kier alpha value is -0.600. The molecule has 0 aliphatic rings. The average molecular weight is 198 g/mol. The number of aliphatic hydroxyl groups is 5. The van der Waals surface area contributed by atoms with E-state index in [1.807, 2.05) is 0 Å². The van der Waals surface area contributed by atoms with Gasteiger partial charge in [-0.25, -0.2) is 0 Å². The molecule has 5 N–H and O–H groups in total. The third kappa shape index (κ3) is 3.33. The van der Waals surface area contributed by atoms with Crippen molar-refractivity contribution in [1.29, 1.82) is 0 Å². The molecule has 0 aromatic carbocycles. The molecule has 0 unspecified atom stereocenters. The van der Waals surface area contributed by atoms with E-state index in [2.05, 4.69) is 0 Å². The Morgan fingerprint density at radius 3 is 1.92 bits per heavy atom. The maximum absolute atomic E-state index is 11.8. The van der Waals surface area contributed by atoms with E-state index in [9.17, 15) is 9.18 Å². The van der Waals surface area contributed by atoms with Gasteiger partial charge in [-0.3, -0.25) is 4.79 Å². The Bertz CT molecular complexity index is 175. The molecule has 7 heteroatoms. The highest BCUT2D eigenvalue weighted by atomic mass is 19.1. The zero-order chi connectivity index (χ0) is 10.6. The summed E-state index contributed by atoms with van der Waals surface area (Å²) in [6.45, 7) is -0.884. The van der Waals surface area contributed by atoms with Gasteiger partial charge in [-0.2, -0.15) is 4.39 Å². The molecule has 0 saturated carbocycles. The molecule has 0 aliphatic carbocycles. The van der Waals surface area contributed by atoms with Gasteiger partial charge < -0.3 is 25.5 Å². The minimum atomic E-state index is -2.42. The van der Waals surface area contributed by atoms with E-state index in [1.165, 1.54) is 0 Å². The molecule has 0 radical (unpaired) electrons. The van der Waals surface area contributed by atoms with Crippen molar-refractivity contribution in [2.75, 3.05) is 6.61 Å². The van der Waals surface area contributed by atoms with E-state index in [1.54, 1.807) is 0 Å². The van der Waals surface area contributed by atoms with Crippen molar-refractivity contribution < 1.29 is 34.7 Å². The van der Waals surface area contributed by atoms with Crippen LogP contribution in [0.1, 0.15) is 0 Å². The van der Waals surface area contributed by atoms with E-state index >= 15 is 0 Å². The number of rotatable bonds is 5. The lowest BCUT2D eigenvalue weighted by Gasteiger charge is -2.22. The Morgan fingerprint density at radius 2 is 1.62 bits per heavy atom. The summed E-state index contributed by atoms with van der Waals surface area (Å²) >= 11 is 0. The molecule has 0 fully saturated rings. The molecule has 78 valence electrons. The van der Waals surface area contributed by atoms with Crippen LogP contribution in [0.15, 0.2) is 0 Å². The molecular weight excluding hydrogens is 187 g/mol. The molecule has 0 rings (SSSR count). The quantitative estimate of drug-likeness (QED) is 0.299. The summed E-state index contributed by atoms with van der Waals surface area (Å²) in [4.78, 5) is 9.87. The molecular formula is C6H11FO6. The largest absolute Gasteiger partial charge is 0.394 e. The number of halogens is 1. The van der Waals surface area contributed by atoms with Crippen LogP contribution in [0.25, 0.3) is 0 Å². The molecule has 13 heavy (non-hydrogen) atoms. The summed E-state index contributed by atoms with van der Waals surface area (Å²) in [5.74, 6) is 0. The van der Waals surface area contributed by atoms with E-state index in [4.69, 9.17) is 25.5 Å². The first-order valence-electron chi connectivity index (χ1n) is 3.44. The van der Waals surface area contributed by atoms with Gasteiger partial charge >= 0.3 is 6.04 Å². The van der Waals surface area contributed by atoms with Crippen LogP contribution in [0.2, 0.25) is 0 Å². The Labute approximate surface area is 72.9 Å². The second-order valence-corrected chi connectivity index (χ2v) is 2.48. The fourth-order valence-corrected chi connectivity index (χ4v) is 0.657. The number of carbonyl (C=O) groups excluding carboxylic acids is 1. The summed E-state index contributed by atoms with van der Waals surface area (Å²) in [7, 11) is 0. The van der Waals surface area contributed by atoms with Crippen LogP contribution in [0, 0.1) is 0 Å². The third-order valence-corrected chi connectivity index (χ3v) is 1.49. The van der Waals surface area contributed by atoms with Crippen LogP contribution in [0.5, 0.6) is 0 Å². The van der Waals surface area contributed by atoms with Gasteiger partial charge in [0.1, 0.15) is 18.3 Å². The van der Waals surface area contributed by atoms with Gasteiger partial charge in [0.15, 0.2) is 6.10 Å². The Morgan fingerprint density at radius 1 is 1.15 bits per heavy atom. The predicted octanol–water partition coefficient (Wildman–Crippen LogP) is -3.08. The van der Waals surface area contributed by atoms with E-state index in [-0.39, 0.29) is 0 Å². The third-order valence-electron chi connectivity index (χ3n) is 1.49. The number of hydrogen-bond acceptors (Lipinski definition) is 6. The van der Waals surface area contributed by atoms with Crippen LogP contribution in [0.4, 0.5) is 4.39 Å². The van der Waals surface area contributed by atoms with Crippen molar-refractivity contribution in [1.82, 2.24) is 0 Å². The number of aliphatic hydroxyl groups excluding tert-OH is 5. The molecule has 6 nitrogen and oxygen atoms in total. The smallest absolute Gasteiger partial charge is 0.332 e. The van der Waals surface area contributed by atoms with Gasteiger partial charge in [-0.15, -0.1) is 0 Å². The summed E-state index contributed by atoms with van der Waals surface area (Å²) in [5, 5.41) is 43.3. The zero-order valence-corrected chi connectivity index (χ0v) is 6.54. The first kappa shape index (κ1) is 12.4. The molecule has 0 amide bonds. The first-order chi connectivity index (χ1) is 5.91. The monoisotopic (exact) mass is 198 g/mol. The van der Waals surface area contributed by atoms with Crippen molar-refractivity contribution in [2.24, 2.45) is 0 Å². The normalized spacial score (nSPS) is 20.5. The number of carbonyl (C=O) groups is 1. The molecule has 0 bridgehead atoms. The Balaban J connectivity index is 4.24. The maximum Gasteiger partial charge on any atom is 0.332 e. The summed E-state index contributed by atoms with van der Waals surface area (Å²) in [5.41, 5.74) is 0. The van der Waals surface area contributed by atoms with Crippen molar-refractivity contribution in [2.45, 2.75) is 24.4 Å². The lowest BCUT2D eigenvalue weighted by Crippen LogP contribution is -2.47. The van der Waals surface area contributed by atoms with Crippen LogP contribution >= 0.6 is 0 Å². The maximum atomic E-state index is 11.8. The van der Waals surface area contributed by atoms with Gasteiger partial charge in [0.2, 0.25) is 0 Å². The summed E-state index contributed by atoms with van der Waals surface area (Å²) in [6.07, 6.45) is -8.32. The second kappa shape index (κ2) is 5.20. The van der Waals surface area contributed by atoms with Crippen molar-refractivity contribution >= 4 is 6.04 Å². The highest BCUT2D eigenvalue weighted by Crippen LogP contribution is 2.06. The molecule has 4 atom stereocenters. The zero-order valence-electron chi connectivity index (χ0n) is 6.54. The summed E-state index contributed by atoms with van der Waals surface area (Å²) < 4.78 is 11.8. The lowest BCUT2D eigenvalue weighted by molar-refractivity contribution is -0.156. The van der Waals surface area contributed by atoms with Crippen molar-refractivity contribution in [3.8, 4) is 0 Å². The van der Waals surface area contributed by atoms with Crippen molar-refractivity contribution in [3.05, 3.63) is 0 Å². The summed E-state index contributed by atoms with van der Waals surface area (Å²) in [6, 6.07) is -2.23. The van der Waals surface area contributed by atoms with E-state index in [0.29, 0.717) is 0 Å². The average Bonchev–Trinajstić information content (AvgIpc) is 2.12. The molecule has 0 aromatic heterocycles. The van der Waals surface area contributed by atoms with Gasteiger partial charge in [0.05, 0.1) is 6.61 Å². The van der Waals surface area contributed by atoms with Crippen LogP contribution in [0.3, 0.4) is 0 Å². The lowest BCUT2D eigenvalue weighted by atomic mass is 10.0. The molecule has 0 aliphatic heterocycles. The fraction of sp³-hybridized carbons (Fsp3) is 0.833. The molecule has 0 heterocycles. The van der Waals surface area contributed by atoms with Crippen LogP contribution in [-0.4, -0.2) is 62.6 Å².